The van der Waals surface area contributed by atoms with Crippen molar-refractivity contribution in [2.24, 2.45) is 0 Å². The Bertz CT molecular complexity index is 650. The maximum Gasteiger partial charge on any atom is 0.134 e. The fourth-order valence-electron chi connectivity index (χ4n) is 2.10. The highest BCUT2D eigenvalue weighted by molar-refractivity contribution is 5.85. The molecule has 0 fully saturated rings. The van der Waals surface area contributed by atoms with Crippen molar-refractivity contribution in [3.8, 4) is 0 Å². The molecular formula is C14H13N3. The van der Waals surface area contributed by atoms with E-state index >= 15 is 0 Å². The van der Waals surface area contributed by atoms with Crippen LogP contribution in [0.1, 0.15) is 17.2 Å². The van der Waals surface area contributed by atoms with E-state index in [-0.39, 0.29) is 0 Å². The molecule has 2 aromatic carbocycles. The third kappa shape index (κ3) is 1.91. The SMILES string of the molecule is Cc1nnc(Cc2cccc3ccccc23)[nH]1. The predicted molar refractivity (Wildman–Crippen MR) is 67.9 cm³/mol. The van der Waals surface area contributed by atoms with Crippen molar-refractivity contribution in [1.82, 2.24) is 15.2 Å². The number of aromatic amines is 1. The van der Waals surface area contributed by atoms with Crippen molar-refractivity contribution in [2.45, 2.75) is 13.3 Å². The molecule has 1 heterocycles. The van der Waals surface area contributed by atoms with E-state index in [0.717, 1.165) is 18.1 Å². The zero-order valence-corrected chi connectivity index (χ0v) is 9.64. The predicted octanol–water partition coefficient (Wildman–Crippen LogP) is 2.86. The Kier molecular flexibility index (Phi) is 2.37. The third-order valence-corrected chi connectivity index (χ3v) is 2.88. The summed E-state index contributed by atoms with van der Waals surface area (Å²) in [6.07, 6.45) is 0.794. The first-order valence-electron chi connectivity index (χ1n) is 5.68. The van der Waals surface area contributed by atoms with E-state index in [0.29, 0.717) is 0 Å². The normalized spacial score (nSPS) is 10.9. The molecule has 0 saturated carbocycles. The summed E-state index contributed by atoms with van der Waals surface area (Å²) in [5, 5.41) is 10.6. The Morgan fingerprint density at radius 1 is 1.00 bits per heavy atom. The van der Waals surface area contributed by atoms with Crippen molar-refractivity contribution in [1.29, 1.82) is 0 Å². The molecule has 3 rings (SSSR count). The van der Waals surface area contributed by atoms with Gasteiger partial charge in [-0.3, -0.25) is 0 Å². The fraction of sp³-hybridized carbons (Fsp3) is 0.143. The zero-order valence-electron chi connectivity index (χ0n) is 9.64. The fourth-order valence-corrected chi connectivity index (χ4v) is 2.10. The second-order valence-corrected chi connectivity index (χ2v) is 4.17. The van der Waals surface area contributed by atoms with Crippen molar-refractivity contribution < 1.29 is 0 Å². The first-order chi connectivity index (χ1) is 8.33. The van der Waals surface area contributed by atoms with Crippen LogP contribution in [-0.2, 0) is 6.42 Å². The molecule has 1 N–H and O–H groups in total. The summed E-state index contributed by atoms with van der Waals surface area (Å²) in [6.45, 7) is 1.92. The topological polar surface area (TPSA) is 41.6 Å². The Hall–Kier alpha value is -2.16. The van der Waals surface area contributed by atoms with Crippen LogP contribution < -0.4 is 0 Å². The molecule has 0 bridgehead atoms. The number of nitrogens with one attached hydrogen (secondary N) is 1. The Morgan fingerprint density at radius 2 is 1.82 bits per heavy atom. The van der Waals surface area contributed by atoms with Gasteiger partial charge in [0.15, 0.2) is 0 Å². The molecule has 0 aliphatic heterocycles. The van der Waals surface area contributed by atoms with Gasteiger partial charge in [-0.15, -0.1) is 10.2 Å². The van der Waals surface area contributed by atoms with Gasteiger partial charge in [0.1, 0.15) is 11.6 Å². The molecule has 0 aliphatic rings. The minimum Gasteiger partial charge on any atom is -0.329 e. The summed E-state index contributed by atoms with van der Waals surface area (Å²) in [5.41, 5.74) is 1.28. The molecular weight excluding hydrogens is 210 g/mol. The number of rotatable bonds is 2. The molecule has 0 radical (unpaired) electrons. The highest BCUT2D eigenvalue weighted by Crippen LogP contribution is 2.20. The molecule has 84 valence electrons. The lowest BCUT2D eigenvalue weighted by Crippen LogP contribution is -1.92. The smallest absolute Gasteiger partial charge is 0.134 e. The third-order valence-electron chi connectivity index (χ3n) is 2.88. The van der Waals surface area contributed by atoms with Gasteiger partial charge in [-0.25, -0.2) is 0 Å². The largest absolute Gasteiger partial charge is 0.329 e. The van der Waals surface area contributed by atoms with Crippen molar-refractivity contribution >= 4 is 10.8 Å². The molecule has 3 heteroatoms. The minimum atomic E-state index is 0.794. The first kappa shape index (κ1) is 10.0. The average Bonchev–Trinajstić information content (AvgIpc) is 2.75. The van der Waals surface area contributed by atoms with Gasteiger partial charge in [-0.1, -0.05) is 42.5 Å². The molecule has 3 nitrogen and oxygen atoms in total. The number of hydrogen-bond donors (Lipinski definition) is 1. The molecule has 1 aromatic heterocycles. The lowest BCUT2D eigenvalue weighted by atomic mass is 10.0. The standard InChI is InChI=1S/C14H13N3/c1-10-15-14(17-16-10)9-12-7-4-6-11-5-2-3-8-13(11)12/h2-8H,9H2,1H3,(H,15,16,17). The Labute approximate surface area is 99.5 Å². The molecule has 17 heavy (non-hydrogen) atoms. The van der Waals surface area contributed by atoms with Gasteiger partial charge in [0.05, 0.1) is 0 Å². The summed E-state index contributed by atoms with van der Waals surface area (Å²) < 4.78 is 0. The van der Waals surface area contributed by atoms with Crippen LogP contribution in [0.25, 0.3) is 10.8 Å². The van der Waals surface area contributed by atoms with Gasteiger partial charge in [-0.05, 0) is 23.3 Å². The van der Waals surface area contributed by atoms with Gasteiger partial charge in [-0.2, -0.15) is 0 Å². The van der Waals surface area contributed by atoms with Gasteiger partial charge in [0.2, 0.25) is 0 Å². The summed E-state index contributed by atoms with van der Waals surface area (Å²) in [7, 11) is 0. The van der Waals surface area contributed by atoms with E-state index in [1.165, 1.54) is 16.3 Å². The van der Waals surface area contributed by atoms with Crippen molar-refractivity contribution in [3.05, 3.63) is 59.7 Å². The van der Waals surface area contributed by atoms with Crippen LogP contribution in [-0.4, -0.2) is 15.2 Å². The number of aromatic nitrogens is 3. The van der Waals surface area contributed by atoms with Crippen LogP contribution in [0, 0.1) is 6.92 Å². The van der Waals surface area contributed by atoms with E-state index in [1.807, 2.05) is 6.92 Å². The lowest BCUT2D eigenvalue weighted by molar-refractivity contribution is 0.974. The van der Waals surface area contributed by atoms with Crippen LogP contribution in [0.15, 0.2) is 42.5 Å². The van der Waals surface area contributed by atoms with E-state index in [2.05, 4.69) is 57.6 Å². The maximum absolute atomic E-state index is 4.11. The second kappa shape index (κ2) is 4.01. The van der Waals surface area contributed by atoms with Crippen molar-refractivity contribution in [2.75, 3.05) is 0 Å². The summed E-state index contributed by atoms with van der Waals surface area (Å²) >= 11 is 0. The molecule has 0 spiro atoms. The number of aryl methyl sites for hydroxylation is 1. The van der Waals surface area contributed by atoms with Crippen LogP contribution >= 0.6 is 0 Å². The molecule has 0 aliphatic carbocycles. The lowest BCUT2D eigenvalue weighted by Gasteiger charge is -2.04. The van der Waals surface area contributed by atoms with Crippen LogP contribution in [0.4, 0.5) is 0 Å². The summed E-state index contributed by atoms with van der Waals surface area (Å²) in [4.78, 5) is 3.17. The number of hydrogen-bond acceptors (Lipinski definition) is 2. The van der Waals surface area contributed by atoms with Crippen LogP contribution in [0.2, 0.25) is 0 Å². The second-order valence-electron chi connectivity index (χ2n) is 4.17. The number of H-pyrrole nitrogens is 1. The number of nitrogens with zero attached hydrogens (tertiary/aromatic N) is 2. The maximum atomic E-state index is 4.11. The molecule has 0 amide bonds. The summed E-state index contributed by atoms with van der Waals surface area (Å²) in [5.74, 6) is 1.78. The average molecular weight is 223 g/mol. The number of benzene rings is 2. The molecule has 0 saturated heterocycles. The Balaban J connectivity index is 2.05. The van der Waals surface area contributed by atoms with Gasteiger partial charge < -0.3 is 4.98 Å². The minimum absolute atomic E-state index is 0.794. The van der Waals surface area contributed by atoms with E-state index in [1.54, 1.807) is 0 Å². The zero-order chi connectivity index (χ0) is 11.7. The first-order valence-corrected chi connectivity index (χ1v) is 5.68. The van der Waals surface area contributed by atoms with E-state index in [4.69, 9.17) is 0 Å². The van der Waals surface area contributed by atoms with Crippen LogP contribution in [0.3, 0.4) is 0 Å². The van der Waals surface area contributed by atoms with Gasteiger partial charge >= 0.3 is 0 Å². The molecule has 3 aromatic rings. The van der Waals surface area contributed by atoms with Crippen LogP contribution in [0.5, 0.6) is 0 Å². The summed E-state index contributed by atoms with van der Waals surface area (Å²) in [6, 6.07) is 14.8. The van der Waals surface area contributed by atoms with E-state index < -0.39 is 0 Å². The van der Waals surface area contributed by atoms with Crippen molar-refractivity contribution in [3.63, 3.8) is 0 Å². The highest BCUT2D eigenvalue weighted by atomic mass is 15.2. The highest BCUT2D eigenvalue weighted by Gasteiger charge is 2.04. The molecule has 0 atom stereocenters. The van der Waals surface area contributed by atoms with Gasteiger partial charge in [0.25, 0.3) is 0 Å². The number of fused-ring (bicyclic) bond motifs is 1. The molecule has 0 unspecified atom stereocenters. The monoisotopic (exact) mass is 223 g/mol. The van der Waals surface area contributed by atoms with E-state index in [9.17, 15) is 0 Å². The quantitative estimate of drug-likeness (QED) is 0.725. The van der Waals surface area contributed by atoms with Gasteiger partial charge in [0, 0.05) is 6.42 Å². The Morgan fingerprint density at radius 3 is 2.65 bits per heavy atom.